The van der Waals surface area contributed by atoms with E-state index in [9.17, 15) is 9.59 Å². The van der Waals surface area contributed by atoms with Crippen LogP contribution in [0.5, 0.6) is 0 Å². The smallest absolute Gasteiger partial charge is 0.227 e. The van der Waals surface area contributed by atoms with Crippen LogP contribution in [0, 0.1) is 0 Å². The normalized spacial score (nSPS) is 17.1. The minimum Gasteiger partial charge on any atom is -0.354 e. The molecule has 0 aromatic heterocycles. The average molecular weight is 374 g/mol. The van der Waals surface area contributed by atoms with Crippen molar-refractivity contribution in [2.24, 2.45) is 5.73 Å². The molecule has 1 aliphatic rings. The molecule has 0 aliphatic carbocycles. The van der Waals surface area contributed by atoms with Crippen LogP contribution in [0.3, 0.4) is 0 Å². The topological polar surface area (TPSA) is 75.4 Å². The number of halogens is 2. The van der Waals surface area contributed by atoms with Crippen LogP contribution in [0.15, 0.2) is 24.3 Å². The van der Waals surface area contributed by atoms with Crippen LogP contribution in [0.25, 0.3) is 0 Å². The largest absolute Gasteiger partial charge is 0.354 e. The van der Waals surface area contributed by atoms with Crippen LogP contribution in [0.1, 0.15) is 31.2 Å². The minimum atomic E-state index is -0.0553. The second-order valence-corrected chi connectivity index (χ2v) is 6.32. The van der Waals surface area contributed by atoms with E-state index in [2.05, 4.69) is 5.32 Å². The van der Waals surface area contributed by atoms with Crippen molar-refractivity contribution >= 4 is 35.8 Å². The third kappa shape index (κ3) is 6.30. The van der Waals surface area contributed by atoms with E-state index < -0.39 is 0 Å². The number of carbonyl (C=O) groups is 2. The summed E-state index contributed by atoms with van der Waals surface area (Å²) in [5, 5.41) is 3.52. The van der Waals surface area contributed by atoms with Crippen molar-refractivity contribution < 1.29 is 9.59 Å². The maximum atomic E-state index is 12.6. The number of nitrogens with two attached hydrogens (primary N) is 1. The van der Waals surface area contributed by atoms with E-state index in [4.69, 9.17) is 17.3 Å². The van der Waals surface area contributed by atoms with Gasteiger partial charge in [-0.3, -0.25) is 9.59 Å². The number of hydrogen-bond acceptors (Lipinski definition) is 3. The van der Waals surface area contributed by atoms with Crippen molar-refractivity contribution in [1.29, 1.82) is 0 Å². The van der Waals surface area contributed by atoms with Crippen molar-refractivity contribution in [3.63, 3.8) is 0 Å². The fraction of sp³-hybridized carbons (Fsp3) is 0.529. The van der Waals surface area contributed by atoms with E-state index in [0.29, 0.717) is 31.0 Å². The summed E-state index contributed by atoms with van der Waals surface area (Å²) < 4.78 is 0. The number of amides is 2. The zero-order chi connectivity index (χ0) is 16.7. The molecule has 2 amide bonds. The Bertz CT molecular complexity index is 554. The van der Waals surface area contributed by atoms with Crippen molar-refractivity contribution in [2.45, 2.75) is 38.1 Å². The van der Waals surface area contributed by atoms with Gasteiger partial charge < -0.3 is 16.0 Å². The molecule has 1 aromatic rings. The number of rotatable bonds is 6. The van der Waals surface area contributed by atoms with Crippen LogP contribution < -0.4 is 11.1 Å². The molecule has 24 heavy (non-hydrogen) atoms. The lowest BCUT2D eigenvalue weighted by molar-refractivity contribution is -0.134. The zero-order valence-corrected chi connectivity index (χ0v) is 15.2. The third-order valence-corrected chi connectivity index (χ3v) is 4.33. The van der Waals surface area contributed by atoms with Gasteiger partial charge >= 0.3 is 0 Å². The lowest BCUT2D eigenvalue weighted by Gasteiger charge is -2.36. The average Bonchev–Trinajstić information content (AvgIpc) is 2.53. The summed E-state index contributed by atoms with van der Waals surface area (Å²) in [4.78, 5) is 26.1. The minimum absolute atomic E-state index is 0. The Hall–Kier alpha value is -1.30. The Morgan fingerprint density at radius 3 is 2.83 bits per heavy atom. The summed E-state index contributed by atoms with van der Waals surface area (Å²) in [6.45, 7) is 1.59. The first-order valence-electron chi connectivity index (χ1n) is 8.11. The number of piperidine rings is 1. The highest BCUT2D eigenvalue weighted by Gasteiger charge is 2.26. The Morgan fingerprint density at radius 1 is 1.33 bits per heavy atom. The number of benzene rings is 1. The number of nitrogens with one attached hydrogen (secondary N) is 1. The standard InChI is InChI=1S/C17H24ClN3O2.ClH/c18-14-5-3-4-13(10-14)11-17(23)21-9-2-1-6-15(21)12-20-16(22)7-8-19;/h3-5,10,15H,1-2,6-9,11-12,19H2,(H,20,22);1H. The molecule has 134 valence electrons. The monoisotopic (exact) mass is 373 g/mol. The number of hydrogen-bond donors (Lipinski definition) is 2. The summed E-state index contributed by atoms with van der Waals surface area (Å²) >= 11 is 5.97. The van der Waals surface area contributed by atoms with Gasteiger partial charge in [-0.25, -0.2) is 0 Å². The molecule has 7 heteroatoms. The van der Waals surface area contributed by atoms with Crippen LogP contribution in [-0.4, -0.2) is 42.4 Å². The molecule has 1 fully saturated rings. The van der Waals surface area contributed by atoms with Gasteiger partial charge in [0.05, 0.1) is 6.42 Å². The van der Waals surface area contributed by atoms with Crippen molar-refractivity contribution in [3.8, 4) is 0 Å². The summed E-state index contributed by atoms with van der Waals surface area (Å²) in [6.07, 6.45) is 3.67. The summed E-state index contributed by atoms with van der Waals surface area (Å²) in [6, 6.07) is 7.45. The van der Waals surface area contributed by atoms with Gasteiger partial charge in [-0.1, -0.05) is 23.7 Å². The molecular formula is C17H25Cl2N3O2. The number of likely N-dealkylation sites (tertiary alicyclic amines) is 1. The molecule has 5 nitrogen and oxygen atoms in total. The first-order chi connectivity index (χ1) is 11.1. The molecule has 0 saturated carbocycles. The molecule has 0 radical (unpaired) electrons. The summed E-state index contributed by atoms with van der Waals surface area (Å²) in [5.41, 5.74) is 6.29. The predicted molar refractivity (Wildman–Crippen MR) is 98.4 cm³/mol. The van der Waals surface area contributed by atoms with Gasteiger partial charge in [0.1, 0.15) is 0 Å². The van der Waals surface area contributed by atoms with Crippen LogP contribution in [-0.2, 0) is 16.0 Å². The van der Waals surface area contributed by atoms with Crippen LogP contribution >= 0.6 is 24.0 Å². The Labute approximate surface area is 154 Å². The Balaban J connectivity index is 0.00000288. The highest BCUT2D eigenvalue weighted by Crippen LogP contribution is 2.19. The lowest BCUT2D eigenvalue weighted by atomic mass is 10.0. The predicted octanol–water partition coefficient (Wildman–Crippen LogP) is 2.15. The molecule has 1 unspecified atom stereocenters. The van der Waals surface area contributed by atoms with Crippen molar-refractivity contribution in [3.05, 3.63) is 34.9 Å². The number of nitrogens with zero attached hydrogens (tertiary/aromatic N) is 1. The Kier molecular flexibility index (Phi) is 9.11. The van der Waals surface area contributed by atoms with Crippen LogP contribution in [0.4, 0.5) is 0 Å². The summed E-state index contributed by atoms with van der Waals surface area (Å²) in [5.74, 6) is 0.0327. The van der Waals surface area contributed by atoms with Gasteiger partial charge in [0.25, 0.3) is 0 Å². The van der Waals surface area contributed by atoms with Crippen LogP contribution in [0.2, 0.25) is 5.02 Å². The molecule has 1 atom stereocenters. The van der Waals surface area contributed by atoms with E-state index >= 15 is 0 Å². The first-order valence-corrected chi connectivity index (χ1v) is 8.48. The van der Waals surface area contributed by atoms with E-state index in [1.807, 2.05) is 23.1 Å². The van der Waals surface area contributed by atoms with Gasteiger partial charge in [0.15, 0.2) is 0 Å². The second-order valence-electron chi connectivity index (χ2n) is 5.89. The molecule has 1 aliphatic heterocycles. The molecule has 0 spiro atoms. The zero-order valence-electron chi connectivity index (χ0n) is 13.7. The Morgan fingerprint density at radius 2 is 2.12 bits per heavy atom. The van der Waals surface area contributed by atoms with Crippen molar-refractivity contribution in [2.75, 3.05) is 19.6 Å². The van der Waals surface area contributed by atoms with Gasteiger partial charge in [-0.15, -0.1) is 12.4 Å². The van der Waals surface area contributed by atoms with Gasteiger partial charge in [0, 0.05) is 37.1 Å². The quantitative estimate of drug-likeness (QED) is 0.801. The van der Waals surface area contributed by atoms with Crippen molar-refractivity contribution in [1.82, 2.24) is 10.2 Å². The maximum Gasteiger partial charge on any atom is 0.227 e. The molecule has 2 rings (SSSR count). The second kappa shape index (κ2) is 10.5. The van der Waals surface area contributed by atoms with Gasteiger partial charge in [0.2, 0.25) is 11.8 Å². The lowest BCUT2D eigenvalue weighted by Crippen LogP contribution is -2.50. The highest BCUT2D eigenvalue weighted by molar-refractivity contribution is 6.30. The maximum absolute atomic E-state index is 12.6. The fourth-order valence-electron chi connectivity index (χ4n) is 2.92. The van der Waals surface area contributed by atoms with E-state index in [1.165, 1.54) is 0 Å². The molecule has 1 aromatic carbocycles. The van der Waals surface area contributed by atoms with Gasteiger partial charge in [-0.2, -0.15) is 0 Å². The third-order valence-electron chi connectivity index (χ3n) is 4.10. The molecule has 0 bridgehead atoms. The molecular weight excluding hydrogens is 349 g/mol. The molecule has 3 N–H and O–H groups in total. The molecule has 1 saturated heterocycles. The van der Waals surface area contributed by atoms with E-state index in [-0.39, 0.29) is 30.3 Å². The first kappa shape index (κ1) is 20.7. The molecule has 1 heterocycles. The SMILES string of the molecule is Cl.NCCC(=O)NCC1CCCCN1C(=O)Cc1cccc(Cl)c1. The summed E-state index contributed by atoms with van der Waals surface area (Å²) in [7, 11) is 0. The highest BCUT2D eigenvalue weighted by atomic mass is 35.5. The fourth-order valence-corrected chi connectivity index (χ4v) is 3.13. The van der Waals surface area contributed by atoms with Gasteiger partial charge in [-0.05, 0) is 37.0 Å². The van der Waals surface area contributed by atoms with E-state index in [1.54, 1.807) is 6.07 Å². The van der Waals surface area contributed by atoms with E-state index in [0.717, 1.165) is 31.4 Å². The number of carbonyl (C=O) groups excluding carboxylic acids is 2.